The summed E-state index contributed by atoms with van der Waals surface area (Å²) in [4.78, 5) is 16.1. The molecule has 0 atom stereocenters. The van der Waals surface area contributed by atoms with Crippen LogP contribution in [0.3, 0.4) is 0 Å². The number of rotatable bonds is 6. The Morgan fingerprint density at radius 2 is 1.90 bits per heavy atom. The summed E-state index contributed by atoms with van der Waals surface area (Å²) in [7, 11) is 2.08. The van der Waals surface area contributed by atoms with E-state index >= 15 is 0 Å². The minimum atomic E-state index is 0.179. The van der Waals surface area contributed by atoms with Gasteiger partial charge in [0.2, 0.25) is 5.91 Å². The third-order valence-electron chi connectivity index (χ3n) is 3.42. The van der Waals surface area contributed by atoms with Crippen LogP contribution < -0.4 is 10.1 Å². The SMILES string of the molecule is CN1CCN(C(=O)CNCCOc2ccccc2)CC1. The van der Waals surface area contributed by atoms with E-state index in [2.05, 4.69) is 17.3 Å². The molecule has 1 aliphatic rings. The highest BCUT2D eigenvalue weighted by Crippen LogP contribution is 2.07. The lowest BCUT2D eigenvalue weighted by Crippen LogP contribution is -2.49. The number of para-hydroxylation sites is 1. The minimum absolute atomic E-state index is 0.179. The van der Waals surface area contributed by atoms with E-state index in [1.165, 1.54) is 0 Å². The molecule has 1 saturated heterocycles. The van der Waals surface area contributed by atoms with E-state index in [-0.39, 0.29) is 5.91 Å². The van der Waals surface area contributed by atoms with Gasteiger partial charge in [-0.25, -0.2) is 0 Å². The van der Waals surface area contributed by atoms with E-state index in [1.807, 2.05) is 35.2 Å². The molecule has 1 heterocycles. The first-order valence-electron chi connectivity index (χ1n) is 7.10. The summed E-state index contributed by atoms with van der Waals surface area (Å²) in [6, 6.07) is 9.70. The number of benzene rings is 1. The van der Waals surface area contributed by atoms with Crippen molar-refractivity contribution in [2.24, 2.45) is 0 Å². The number of hydrogen-bond acceptors (Lipinski definition) is 4. The molecule has 1 aromatic rings. The number of amides is 1. The zero-order valence-electron chi connectivity index (χ0n) is 12.0. The normalized spacial score (nSPS) is 16.1. The van der Waals surface area contributed by atoms with Crippen molar-refractivity contribution in [3.63, 3.8) is 0 Å². The predicted octanol–water partition coefficient (Wildman–Crippen LogP) is 0.429. The Morgan fingerprint density at radius 1 is 1.20 bits per heavy atom. The van der Waals surface area contributed by atoms with Crippen LogP contribution in [-0.4, -0.2) is 68.6 Å². The van der Waals surface area contributed by atoms with Gasteiger partial charge < -0.3 is 19.9 Å². The van der Waals surface area contributed by atoms with E-state index in [4.69, 9.17) is 4.74 Å². The van der Waals surface area contributed by atoms with Crippen LogP contribution in [0.15, 0.2) is 30.3 Å². The monoisotopic (exact) mass is 277 g/mol. The fourth-order valence-electron chi connectivity index (χ4n) is 2.12. The Hall–Kier alpha value is -1.59. The second-order valence-corrected chi connectivity index (χ2v) is 5.02. The third kappa shape index (κ3) is 4.83. The van der Waals surface area contributed by atoms with E-state index < -0.39 is 0 Å². The lowest BCUT2D eigenvalue weighted by Gasteiger charge is -2.32. The molecule has 110 valence electrons. The van der Waals surface area contributed by atoms with Gasteiger partial charge in [-0.3, -0.25) is 4.79 Å². The fraction of sp³-hybridized carbons (Fsp3) is 0.533. The van der Waals surface area contributed by atoms with Crippen molar-refractivity contribution >= 4 is 5.91 Å². The molecule has 2 rings (SSSR count). The predicted molar refractivity (Wildman–Crippen MR) is 78.9 cm³/mol. The van der Waals surface area contributed by atoms with Gasteiger partial charge in [0.1, 0.15) is 12.4 Å². The zero-order valence-corrected chi connectivity index (χ0v) is 12.0. The molecule has 0 unspecified atom stereocenters. The highest BCUT2D eigenvalue weighted by molar-refractivity contribution is 5.78. The number of piperazine rings is 1. The summed E-state index contributed by atoms with van der Waals surface area (Å²) in [5, 5.41) is 3.13. The molecular formula is C15H23N3O2. The Morgan fingerprint density at radius 3 is 2.60 bits per heavy atom. The van der Waals surface area contributed by atoms with Gasteiger partial charge in [0.05, 0.1) is 6.54 Å². The van der Waals surface area contributed by atoms with Gasteiger partial charge in [-0.15, -0.1) is 0 Å². The highest BCUT2D eigenvalue weighted by Gasteiger charge is 2.18. The molecule has 0 aliphatic carbocycles. The molecule has 1 aromatic carbocycles. The smallest absolute Gasteiger partial charge is 0.236 e. The number of ether oxygens (including phenoxy) is 1. The molecular weight excluding hydrogens is 254 g/mol. The maximum atomic E-state index is 11.9. The molecule has 0 aromatic heterocycles. The minimum Gasteiger partial charge on any atom is -0.492 e. The van der Waals surface area contributed by atoms with Crippen LogP contribution in [0.2, 0.25) is 0 Å². The molecule has 1 N–H and O–H groups in total. The van der Waals surface area contributed by atoms with Gasteiger partial charge in [-0.2, -0.15) is 0 Å². The summed E-state index contributed by atoms with van der Waals surface area (Å²) >= 11 is 0. The molecule has 0 radical (unpaired) electrons. The standard InChI is InChI=1S/C15H23N3O2/c1-17-8-10-18(11-9-17)15(19)13-16-7-12-20-14-5-3-2-4-6-14/h2-6,16H,7-13H2,1H3. The second kappa shape index (κ2) is 7.87. The average Bonchev–Trinajstić information content (AvgIpc) is 2.48. The number of likely N-dealkylation sites (N-methyl/N-ethyl adjacent to an activating group) is 1. The third-order valence-corrected chi connectivity index (χ3v) is 3.42. The van der Waals surface area contributed by atoms with Crippen molar-refractivity contribution in [1.29, 1.82) is 0 Å². The molecule has 0 saturated carbocycles. The van der Waals surface area contributed by atoms with Crippen molar-refractivity contribution in [3.8, 4) is 5.75 Å². The number of hydrogen-bond donors (Lipinski definition) is 1. The van der Waals surface area contributed by atoms with E-state index in [1.54, 1.807) is 0 Å². The first-order chi connectivity index (χ1) is 9.75. The van der Waals surface area contributed by atoms with Gasteiger partial charge >= 0.3 is 0 Å². The van der Waals surface area contributed by atoms with Gasteiger partial charge in [0.25, 0.3) is 0 Å². The van der Waals surface area contributed by atoms with Crippen LogP contribution in [0.4, 0.5) is 0 Å². The summed E-state index contributed by atoms with van der Waals surface area (Å²) < 4.78 is 5.55. The molecule has 0 bridgehead atoms. The lowest BCUT2D eigenvalue weighted by molar-refractivity contribution is -0.131. The molecule has 20 heavy (non-hydrogen) atoms. The van der Waals surface area contributed by atoms with Crippen LogP contribution in [0, 0.1) is 0 Å². The van der Waals surface area contributed by atoms with Crippen molar-refractivity contribution < 1.29 is 9.53 Å². The molecule has 1 aliphatic heterocycles. The maximum absolute atomic E-state index is 11.9. The fourth-order valence-corrected chi connectivity index (χ4v) is 2.12. The van der Waals surface area contributed by atoms with Crippen molar-refractivity contribution in [2.45, 2.75) is 0 Å². The number of carbonyl (C=O) groups is 1. The van der Waals surface area contributed by atoms with Crippen molar-refractivity contribution in [1.82, 2.24) is 15.1 Å². The topological polar surface area (TPSA) is 44.8 Å². The second-order valence-electron chi connectivity index (χ2n) is 5.02. The highest BCUT2D eigenvalue weighted by atomic mass is 16.5. The maximum Gasteiger partial charge on any atom is 0.236 e. The van der Waals surface area contributed by atoms with Gasteiger partial charge in [0, 0.05) is 32.7 Å². The number of nitrogens with one attached hydrogen (secondary N) is 1. The molecule has 1 fully saturated rings. The van der Waals surface area contributed by atoms with Crippen LogP contribution in [0.25, 0.3) is 0 Å². The van der Waals surface area contributed by atoms with Gasteiger partial charge in [-0.1, -0.05) is 18.2 Å². The van der Waals surface area contributed by atoms with Crippen molar-refractivity contribution in [3.05, 3.63) is 30.3 Å². The van der Waals surface area contributed by atoms with Gasteiger partial charge in [-0.05, 0) is 19.2 Å². The number of carbonyl (C=O) groups excluding carboxylic acids is 1. The van der Waals surface area contributed by atoms with Gasteiger partial charge in [0.15, 0.2) is 0 Å². The summed E-state index contributed by atoms with van der Waals surface area (Å²) in [5.41, 5.74) is 0. The Labute approximate surface area is 120 Å². The average molecular weight is 277 g/mol. The van der Waals surface area contributed by atoms with Crippen molar-refractivity contribution in [2.75, 3.05) is 52.9 Å². The van der Waals surface area contributed by atoms with Crippen LogP contribution >= 0.6 is 0 Å². The molecule has 5 nitrogen and oxygen atoms in total. The lowest BCUT2D eigenvalue weighted by atomic mass is 10.3. The molecule has 5 heteroatoms. The first-order valence-corrected chi connectivity index (χ1v) is 7.10. The Balaban J connectivity index is 1.55. The van der Waals surface area contributed by atoms with Crippen LogP contribution in [0.5, 0.6) is 5.75 Å². The quantitative estimate of drug-likeness (QED) is 0.766. The zero-order chi connectivity index (χ0) is 14.2. The Bertz CT molecular complexity index is 403. The first kappa shape index (κ1) is 14.8. The summed E-state index contributed by atoms with van der Waals surface area (Å²) in [5.74, 6) is 1.04. The molecule has 0 spiro atoms. The summed E-state index contributed by atoms with van der Waals surface area (Å²) in [6.45, 7) is 5.22. The number of nitrogens with zero attached hydrogens (tertiary/aromatic N) is 2. The van der Waals surface area contributed by atoms with Crippen LogP contribution in [0.1, 0.15) is 0 Å². The van der Waals surface area contributed by atoms with E-state index in [0.717, 1.165) is 31.9 Å². The Kier molecular flexibility index (Phi) is 5.83. The largest absolute Gasteiger partial charge is 0.492 e. The van der Waals surface area contributed by atoms with Crippen LogP contribution in [-0.2, 0) is 4.79 Å². The summed E-state index contributed by atoms with van der Waals surface area (Å²) in [6.07, 6.45) is 0. The molecule has 1 amide bonds. The van der Waals surface area contributed by atoms with E-state index in [9.17, 15) is 4.79 Å². The van der Waals surface area contributed by atoms with E-state index in [0.29, 0.717) is 19.7 Å².